The molecule has 0 bridgehead atoms. The Labute approximate surface area is 175 Å². The summed E-state index contributed by atoms with van der Waals surface area (Å²) in [6, 6.07) is 12.5. The summed E-state index contributed by atoms with van der Waals surface area (Å²) in [5, 5.41) is 10.2. The van der Waals surface area contributed by atoms with Gasteiger partial charge in [0.1, 0.15) is 5.75 Å². The lowest BCUT2D eigenvalue weighted by Crippen LogP contribution is -2.42. The molecule has 8 nitrogen and oxygen atoms in total. The lowest BCUT2D eigenvalue weighted by atomic mass is 10.1. The number of benzene rings is 2. The third kappa shape index (κ3) is 4.96. The van der Waals surface area contributed by atoms with Crippen molar-refractivity contribution in [1.29, 1.82) is 0 Å². The first kappa shape index (κ1) is 21.8. The molecule has 0 aliphatic carbocycles. The molecule has 0 radical (unpaired) electrons. The van der Waals surface area contributed by atoms with Crippen LogP contribution in [0.2, 0.25) is 0 Å². The Balaban J connectivity index is 1.52. The molecule has 2 aromatic rings. The van der Waals surface area contributed by atoms with Crippen LogP contribution in [0.1, 0.15) is 24.8 Å². The summed E-state index contributed by atoms with van der Waals surface area (Å²) >= 11 is 0. The largest absolute Gasteiger partial charge is 0.497 e. The fourth-order valence-corrected chi connectivity index (χ4v) is 5.30. The number of hydrogen-bond donors (Lipinski definition) is 0. The summed E-state index contributed by atoms with van der Waals surface area (Å²) in [4.78, 5) is 24.7. The van der Waals surface area contributed by atoms with Crippen LogP contribution in [0.25, 0.3) is 0 Å². The molecule has 2 aromatic carbocycles. The molecule has 1 saturated heterocycles. The van der Waals surface area contributed by atoms with Crippen molar-refractivity contribution in [1.82, 2.24) is 4.90 Å². The van der Waals surface area contributed by atoms with Gasteiger partial charge in [-0.05, 0) is 49.1 Å². The maximum absolute atomic E-state index is 12.9. The van der Waals surface area contributed by atoms with Gasteiger partial charge in [0.15, 0.2) is 9.84 Å². The van der Waals surface area contributed by atoms with Crippen molar-refractivity contribution in [2.45, 2.75) is 35.8 Å². The predicted molar refractivity (Wildman–Crippen MR) is 111 cm³/mol. The SMILES string of the molecule is COc1ccc(S(=O)(=O)C2CCN(C(=O)CCc3ccc([N+](=O)[O-])cc3)CC2)cc1. The van der Waals surface area contributed by atoms with E-state index in [0.717, 1.165) is 5.56 Å². The molecule has 0 atom stereocenters. The highest BCUT2D eigenvalue weighted by Crippen LogP contribution is 2.26. The molecular weight excluding hydrogens is 408 g/mol. The number of amides is 1. The molecule has 9 heteroatoms. The van der Waals surface area contributed by atoms with Crippen LogP contribution in [0.4, 0.5) is 5.69 Å². The number of rotatable bonds is 7. The number of nitro groups is 1. The van der Waals surface area contributed by atoms with Crippen molar-refractivity contribution in [2.24, 2.45) is 0 Å². The summed E-state index contributed by atoms with van der Waals surface area (Å²) in [7, 11) is -1.93. The molecule has 1 aliphatic rings. The van der Waals surface area contributed by atoms with Crippen LogP contribution in [0.15, 0.2) is 53.4 Å². The zero-order valence-corrected chi connectivity index (χ0v) is 17.5. The van der Waals surface area contributed by atoms with E-state index < -0.39 is 20.0 Å². The van der Waals surface area contributed by atoms with Gasteiger partial charge in [0.25, 0.3) is 5.69 Å². The summed E-state index contributed by atoms with van der Waals surface area (Å²) < 4.78 is 30.8. The Morgan fingerprint density at radius 2 is 1.70 bits per heavy atom. The van der Waals surface area contributed by atoms with Crippen LogP contribution in [0.3, 0.4) is 0 Å². The van der Waals surface area contributed by atoms with Gasteiger partial charge in [-0.15, -0.1) is 0 Å². The lowest BCUT2D eigenvalue weighted by Gasteiger charge is -2.32. The second kappa shape index (κ2) is 9.25. The van der Waals surface area contributed by atoms with Crippen molar-refractivity contribution in [3.63, 3.8) is 0 Å². The number of sulfone groups is 1. The van der Waals surface area contributed by atoms with Crippen molar-refractivity contribution in [3.8, 4) is 5.75 Å². The van der Waals surface area contributed by atoms with Gasteiger partial charge in [-0.3, -0.25) is 14.9 Å². The van der Waals surface area contributed by atoms with Crippen LogP contribution in [0.5, 0.6) is 5.75 Å². The molecular formula is C21H24N2O6S. The zero-order valence-electron chi connectivity index (χ0n) is 16.7. The first-order chi connectivity index (χ1) is 14.3. The first-order valence-electron chi connectivity index (χ1n) is 9.70. The van der Waals surface area contributed by atoms with Gasteiger partial charge >= 0.3 is 0 Å². The molecule has 0 N–H and O–H groups in total. The molecule has 0 unspecified atom stereocenters. The third-order valence-electron chi connectivity index (χ3n) is 5.40. The zero-order chi connectivity index (χ0) is 21.7. The van der Waals surface area contributed by atoms with E-state index in [-0.39, 0.29) is 22.9 Å². The van der Waals surface area contributed by atoms with Crippen LogP contribution >= 0.6 is 0 Å². The van der Waals surface area contributed by atoms with Crippen LogP contribution in [0, 0.1) is 10.1 Å². The summed E-state index contributed by atoms with van der Waals surface area (Å²) in [5.41, 5.74) is 0.871. The van der Waals surface area contributed by atoms with Gasteiger partial charge in [-0.1, -0.05) is 12.1 Å². The van der Waals surface area contributed by atoms with Gasteiger partial charge in [-0.25, -0.2) is 8.42 Å². The summed E-state index contributed by atoms with van der Waals surface area (Å²) in [5.74, 6) is 0.566. The number of piperidine rings is 1. The molecule has 3 rings (SSSR count). The number of carbonyl (C=O) groups excluding carboxylic acids is 1. The molecule has 1 aliphatic heterocycles. The highest BCUT2D eigenvalue weighted by molar-refractivity contribution is 7.92. The highest BCUT2D eigenvalue weighted by atomic mass is 32.2. The number of likely N-dealkylation sites (tertiary alicyclic amines) is 1. The number of hydrogen-bond acceptors (Lipinski definition) is 6. The Bertz CT molecular complexity index is 995. The lowest BCUT2D eigenvalue weighted by molar-refractivity contribution is -0.384. The van der Waals surface area contributed by atoms with Crippen molar-refractivity contribution >= 4 is 21.4 Å². The van der Waals surface area contributed by atoms with E-state index in [9.17, 15) is 23.3 Å². The van der Waals surface area contributed by atoms with Crippen LogP contribution in [-0.2, 0) is 21.1 Å². The van der Waals surface area contributed by atoms with E-state index in [1.54, 1.807) is 41.3 Å². The normalized spacial score (nSPS) is 15.0. The van der Waals surface area contributed by atoms with Crippen molar-refractivity contribution in [3.05, 3.63) is 64.2 Å². The number of non-ortho nitro benzene ring substituents is 1. The highest BCUT2D eigenvalue weighted by Gasteiger charge is 2.32. The molecule has 160 valence electrons. The fourth-order valence-electron chi connectivity index (χ4n) is 3.57. The summed E-state index contributed by atoms with van der Waals surface area (Å²) in [6.07, 6.45) is 1.57. The smallest absolute Gasteiger partial charge is 0.269 e. The van der Waals surface area contributed by atoms with Crippen LogP contribution < -0.4 is 4.74 Å². The number of ether oxygens (including phenoxy) is 1. The molecule has 0 spiro atoms. The summed E-state index contributed by atoms with van der Waals surface area (Å²) in [6.45, 7) is 0.804. The van der Waals surface area contributed by atoms with Crippen molar-refractivity contribution in [2.75, 3.05) is 20.2 Å². The standard InChI is InChI=1S/C21H24N2O6S/c1-29-18-7-9-19(10-8-18)30(27,28)20-12-14-22(15-13-20)21(24)11-4-16-2-5-17(6-3-16)23(25)26/h2-3,5-10,20H,4,11-15H2,1H3. The second-order valence-electron chi connectivity index (χ2n) is 7.22. The Kier molecular flexibility index (Phi) is 6.71. The molecule has 1 amide bonds. The van der Waals surface area contributed by atoms with Gasteiger partial charge in [-0.2, -0.15) is 0 Å². The number of aryl methyl sites for hydroxylation is 1. The molecule has 30 heavy (non-hydrogen) atoms. The molecule has 0 aromatic heterocycles. The van der Waals surface area contributed by atoms with Crippen LogP contribution in [-0.4, -0.2) is 49.6 Å². The van der Waals surface area contributed by atoms with Gasteiger partial charge < -0.3 is 9.64 Å². The minimum Gasteiger partial charge on any atom is -0.497 e. The quantitative estimate of drug-likeness (QED) is 0.492. The minimum atomic E-state index is -3.45. The number of nitrogens with zero attached hydrogens (tertiary/aromatic N) is 2. The maximum Gasteiger partial charge on any atom is 0.269 e. The number of methoxy groups -OCH3 is 1. The van der Waals surface area contributed by atoms with Crippen molar-refractivity contribution < 1.29 is 22.9 Å². The first-order valence-corrected chi connectivity index (χ1v) is 11.2. The Morgan fingerprint density at radius 3 is 2.23 bits per heavy atom. The Morgan fingerprint density at radius 1 is 1.10 bits per heavy atom. The average Bonchev–Trinajstić information content (AvgIpc) is 2.77. The van der Waals surface area contributed by atoms with E-state index in [2.05, 4.69) is 0 Å². The number of carbonyl (C=O) groups is 1. The van der Waals surface area contributed by atoms with E-state index in [1.165, 1.54) is 19.2 Å². The molecule has 1 fully saturated rings. The monoisotopic (exact) mass is 432 g/mol. The number of nitro benzene ring substituents is 1. The van der Waals surface area contributed by atoms with E-state index in [1.807, 2.05) is 0 Å². The van der Waals surface area contributed by atoms with E-state index >= 15 is 0 Å². The second-order valence-corrected chi connectivity index (χ2v) is 9.45. The molecule has 0 saturated carbocycles. The third-order valence-corrected chi connectivity index (χ3v) is 7.67. The van der Waals surface area contributed by atoms with E-state index in [0.29, 0.717) is 38.1 Å². The van der Waals surface area contributed by atoms with Gasteiger partial charge in [0.05, 0.1) is 22.2 Å². The molecule has 1 heterocycles. The van der Waals surface area contributed by atoms with Gasteiger partial charge in [0, 0.05) is 31.6 Å². The van der Waals surface area contributed by atoms with Gasteiger partial charge in [0.2, 0.25) is 5.91 Å². The topological polar surface area (TPSA) is 107 Å². The Hall–Kier alpha value is -2.94. The minimum absolute atomic E-state index is 0.0187. The predicted octanol–water partition coefficient (Wildman–Crippen LogP) is 3.00. The maximum atomic E-state index is 12.9. The van der Waals surface area contributed by atoms with E-state index in [4.69, 9.17) is 4.74 Å². The average molecular weight is 432 g/mol. The fraction of sp³-hybridized carbons (Fsp3) is 0.381.